The maximum atomic E-state index is 11.2. The van der Waals surface area contributed by atoms with Gasteiger partial charge in [-0.2, -0.15) is 0 Å². The minimum absolute atomic E-state index is 0.0371. The summed E-state index contributed by atoms with van der Waals surface area (Å²) in [5.74, 6) is -0.813. The smallest absolute Gasteiger partial charge is 0.305 e. The Labute approximate surface area is 113 Å². The van der Waals surface area contributed by atoms with Gasteiger partial charge < -0.3 is 10.0 Å². The summed E-state index contributed by atoms with van der Waals surface area (Å²) in [4.78, 5) is 24.0. The lowest BCUT2D eigenvalue weighted by Gasteiger charge is -2.44. The Morgan fingerprint density at radius 3 is 2.58 bits per heavy atom. The average Bonchev–Trinajstić information content (AvgIpc) is 2.39. The van der Waals surface area contributed by atoms with E-state index in [1.165, 1.54) is 0 Å². The van der Waals surface area contributed by atoms with Crippen LogP contribution < -0.4 is 0 Å². The first-order chi connectivity index (χ1) is 9.02. The number of hydrogen-bond acceptors (Lipinski definition) is 5. The molecule has 1 atom stereocenters. The highest BCUT2D eigenvalue weighted by atomic mass is 16.4. The summed E-state index contributed by atoms with van der Waals surface area (Å²) in [5.41, 5.74) is 0.128. The number of hydrogen-bond donors (Lipinski definition) is 1. The van der Waals surface area contributed by atoms with E-state index in [0.29, 0.717) is 0 Å². The van der Waals surface area contributed by atoms with Crippen molar-refractivity contribution in [2.45, 2.75) is 18.9 Å². The van der Waals surface area contributed by atoms with E-state index >= 15 is 0 Å². The first-order valence-corrected chi connectivity index (χ1v) is 6.44. The standard InChI is InChI=1S/C13H20N4O2/c1-13(9-12(18)19,11-10-14-3-4-15-11)17-7-5-16(2)6-8-17/h3-4,10H,5-9H2,1-2H3,(H,18,19). The van der Waals surface area contributed by atoms with Gasteiger partial charge in [0, 0.05) is 38.6 Å². The van der Waals surface area contributed by atoms with Crippen molar-refractivity contribution < 1.29 is 9.90 Å². The van der Waals surface area contributed by atoms with Gasteiger partial charge in [-0.3, -0.25) is 19.7 Å². The van der Waals surface area contributed by atoms with Crippen molar-refractivity contribution in [3.05, 3.63) is 24.3 Å². The predicted octanol–water partition coefficient (Wildman–Crippen LogP) is 0.414. The van der Waals surface area contributed by atoms with Gasteiger partial charge in [0.15, 0.2) is 0 Å². The van der Waals surface area contributed by atoms with E-state index in [1.807, 2.05) is 6.92 Å². The number of aromatic nitrogens is 2. The van der Waals surface area contributed by atoms with Gasteiger partial charge in [0.25, 0.3) is 0 Å². The lowest BCUT2D eigenvalue weighted by Crippen LogP contribution is -2.54. The van der Waals surface area contributed by atoms with Gasteiger partial charge in [0.05, 0.1) is 23.9 Å². The molecule has 104 valence electrons. The Kier molecular flexibility index (Phi) is 4.11. The molecular formula is C13H20N4O2. The zero-order valence-electron chi connectivity index (χ0n) is 11.4. The Balaban J connectivity index is 2.27. The molecule has 0 amide bonds. The highest BCUT2D eigenvalue weighted by Gasteiger charge is 2.38. The van der Waals surface area contributed by atoms with Gasteiger partial charge in [0.1, 0.15) is 0 Å². The first-order valence-electron chi connectivity index (χ1n) is 6.44. The minimum Gasteiger partial charge on any atom is -0.481 e. The van der Waals surface area contributed by atoms with E-state index in [9.17, 15) is 9.90 Å². The van der Waals surface area contributed by atoms with Crippen LogP contribution in [0.25, 0.3) is 0 Å². The highest BCUT2D eigenvalue weighted by molar-refractivity contribution is 5.68. The number of carboxylic acids is 1. The summed E-state index contributed by atoms with van der Waals surface area (Å²) < 4.78 is 0. The van der Waals surface area contributed by atoms with E-state index < -0.39 is 11.5 Å². The predicted molar refractivity (Wildman–Crippen MR) is 70.7 cm³/mol. The molecule has 1 aromatic heterocycles. The van der Waals surface area contributed by atoms with Crippen LogP contribution in [0.2, 0.25) is 0 Å². The molecule has 1 aromatic rings. The highest BCUT2D eigenvalue weighted by Crippen LogP contribution is 2.30. The number of aliphatic carboxylic acids is 1. The molecule has 0 aromatic carbocycles. The van der Waals surface area contributed by atoms with Crippen LogP contribution in [0.5, 0.6) is 0 Å². The van der Waals surface area contributed by atoms with E-state index in [2.05, 4.69) is 26.8 Å². The first kappa shape index (κ1) is 13.9. The molecule has 0 radical (unpaired) electrons. The summed E-state index contributed by atoms with van der Waals surface area (Å²) in [6, 6.07) is 0. The zero-order valence-corrected chi connectivity index (χ0v) is 11.4. The van der Waals surface area contributed by atoms with Gasteiger partial charge in [-0.05, 0) is 14.0 Å². The number of carbonyl (C=O) groups is 1. The molecule has 2 rings (SSSR count). The topological polar surface area (TPSA) is 69.6 Å². The molecule has 6 nitrogen and oxygen atoms in total. The van der Waals surface area contributed by atoms with Crippen LogP contribution >= 0.6 is 0 Å². The SMILES string of the molecule is CN1CCN(C(C)(CC(=O)O)c2cnccn2)CC1. The van der Waals surface area contributed by atoms with Crippen molar-refractivity contribution in [1.82, 2.24) is 19.8 Å². The van der Waals surface area contributed by atoms with Crippen LogP contribution in [-0.4, -0.2) is 64.1 Å². The molecular weight excluding hydrogens is 244 g/mol. The molecule has 1 aliphatic rings. The third kappa shape index (κ3) is 3.08. The summed E-state index contributed by atoms with van der Waals surface area (Å²) in [5, 5.41) is 9.21. The molecule has 1 fully saturated rings. The number of nitrogens with zero attached hydrogens (tertiary/aromatic N) is 4. The summed E-state index contributed by atoms with van der Waals surface area (Å²) in [6.07, 6.45) is 4.93. The number of piperazine rings is 1. The van der Waals surface area contributed by atoms with E-state index in [-0.39, 0.29) is 6.42 Å². The van der Waals surface area contributed by atoms with Crippen molar-refractivity contribution in [1.29, 1.82) is 0 Å². The Hall–Kier alpha value is -1.53. The van der Waals surface area contributed by atoms with Gasteiger partial charge in [-0.25, -0.2) is 0 Å². The van der Waals surface area contributed by atoms with Crippen LogP contribution in [0, 0.1) is 0 Å². The van der Waals surface area contributed by atoms with Crippen molar-refractivity contribution in [2.24, 2.45) is 0 Å². The molecule has 1 saturated heterocycles. The molecule has 2 heterocycles. The van der Waals surface area contributed by atoms with Crippen LogP contribution in [0.3, 0.4) is 0 Å². The maximum absolute atomic E-state index is 11.2. The quantitative estimate of drug-likeness (QED) is 0.849. The fourth-order valence-electron chi connectivity index (χ4n) is 2.54. The molecule has 1 unspecified atom stereocenters. The van der Waals surface area contributed by atoms with Crippen molar-refractivity contribution >= 4 is 5.97 Å². The van der Waals surface area contributed by atoms with Gasteiger partial charge >= 0.3 is 5.97 Å². The summed E-state index contributed by atoms with van der Waals surface area (Å²) >= 11 is 0. The maximum Gasteiger partial charge on any atom is 0.305 e. The molecule has 19 heavy (non-hydrogen) atoms. The van der Waals surface area contributed by atoms with Crippen LogP contribution in [-0.2, 0) is 10.3 Å². The normalized spacial score (nSPS) is 20.9. The molecule has 0 bridgehead atoms. The zero-order chi connectivity index (χ0) is 13.9. The molecule has 0 saturated carbocycles. The summed E-state index contributed by atoms with van der Waals surface area (Å²) in [7, 11) is 2.08. The lowest BCUT2D eigenvalue weighted by molar-refractivity contribution is -0.141. The number of likely N-dealkylation sites (N-methyl/N-ethyl adjacent to an activating group) is 1. The van der Waals surface area contributed by atoms with Crippen LogP contribution in [0.15, 0.2) is 18.6 Å². The monoisotopic (exact) mass is 264 g/mol. The van der Waals surface area contributed by atoms with Gasteiger partial charge in [-0.15, -0.1) is 0 Å². The second-order valence-electron chi connectivity index (χ2n) is 5.23. The number of rotatable bonds is 4. The fraction of sp³-hybridized carbons (Fsp3) is 0.615. The van der Waals surface area contributed by atoms with Crippen molar-refractivity contribution in [3.63, 3.8) is 0 Å². The van der Waals surface area contributed by atoms with Crippen molar-refractivity contribution in [2.75, 3.05) is 33.2 Å². The van der Waals surface area contributed by atoms with Crippen LogP contribution in [0.4, 0.5) is 0 Å². The largest absolute Gasteiger partial charge is 0.481 e. The minimum atomic E-state index is -0.813. The number of carboxylic acid groups (broad SMARTS) is 1. The Morgan fingerprint density at radius 2 is 2.05 bits per heavy atom. The second kappa shape index (κ2) is 5.63. The van der Waals surface area contributed by atoms with E-state index in [4.69, 9.17) is 0 Å². The fourth-order valence-corrected chi connectivity index (χ4v) is 2.54. The molecule has 1 aliphatic heterocycles. The lowest BCUT2D eigenvalue weighted by atomic mass is 9.90. The third-order valence-electron chi connectivity index (χ3n) is 3.81. The Morgan fingerprint density at radius 1 is 1.37 bits per heavy atom. The van der Waals surface area contributed by atoms with E-state index in [1.54, 1.807) is 18.6 Å². The summed E-state index contributed by atoms with van der Waals surface area (Å²) in [6.45, 7) is 5.51. The molecule has 0 aliphatic carbocycles. The second-order valence-corrected chi connectivity index (χ2v) is 5.23. The third-order valence-corrected chi connectivity index (χ3v) is 3.81. The molecule has 0 spiro atoms. The Bertz CT molecular complexity index is 432. The van der Waals surface area contributed by atoms with Crippen molar-refractivity contribution in [3.8, 4) is 0 Å². The van der Waals surface area contributed by atoms with E-state index in [0.717, 1.165) is 31.9 Å². The van der Waals surface area contributed by atoms with Gasteiger partial charge in [0.2, 0.25) is 0 Å². The molecule has 1 N–H and O–H groups in total. The average molecular weight is 264 g/mol. The van der Waals surface area contributed by atoms with Gasteiger partial charge in [-0.1, -0.05) is 0 Å². The van der Waals surface area contributed by atoms with Crippen LogP contribution in [0.1, 0.15) is 19.0 Å². The molecule has 6 heteroatoms.